The van der Waals surface area contributed by atoms with Crippen LogP contribution in [0.4, 0.5) is 5.69 Å². The Kier molecular flexibility index (Phi) is 5.41. The van der Waals surface area contributed by atoms with Gasteiger partial charge in [-0.1, -0.05) is 17.7 Å². The van der Waals surface area contributed by atoms with Gasteiger partial charge in [0.15, 0.2) is 0 Å². The van der Waals surface area contributed by atoms with Gasteiger partial charge in [-0.15, -0.1) is 0 Å². The van der Waals surface area contributed by atoms with Gasteiger partial charge >= 0.3 is 16.6 Å². The molecule has 1 aromatic heterocycles. The standard InChI is InChI=1S/C18H15N3O5S/c1-11-2-8-14(9-3-11)21-16(18(25)26-20-21)27-10-15(22)19-13-6-4-12(5-7-13)17(23)24/h2-9H,10H2,1H3,(H2-,19,20,22,23,24,25)/p+1. The van der Waals surface area contributed by atoms with E-state index in [-0.39, 0.29) is 22.2 Å². The third kappa shape index (κ3) is 4.45. The molecule has 0 fully saturated rings. The van der Waals surface area contributed by atoms with Crippen LogP contribution in [0, 0.1) is 6.92 Å². The number of benzene rings is 2. The van der Waals surface area contributed by atoms with E-state index >= 15 is 0 Å². The first-order valence-electron chi connectivity index (χ1n) is 7.90. The zero-order valence-electron chi connectivity index (χ0n) is 14.3. The van der Waals surface area contributed by atoms with Crippen molar-refractivity contribution in [1.29, 1.82) is 0 Å². The van der Waals surface area contributed by atoms with Crippen molar-refractivity contribution in [2.24, 2.45) is 0 Å². The predicted molar refractivity (Wildman–Crippen MR) is 98.4 cm³/mol. The van der Waals surface area contributed by atoms with Gasteiger partial charge in [0, 0.05) is 17.8 Å². The molecule has 0 spiro atoms. The molecule has 0 atom stereocenters. The second-order valence-corrected chi connectivity index (χ2v) is 6.64. The molecule has 3 rings (SSSR count). The monoisotopic (exact) mass is 386 g/mol. The van der Waals surface area contributed by atoms with Crippen molar-refractivity contribution in [3.05, 3.63) is 70.1 Å². The number of aromatic amines is 1. The largest absolute Gasteiger partial charge is 0.478 e. The van der Waals surface area contributed by atoms with Crippen molar-refractivity contribution in [3.63, 3.8) is 0 Å². The number of aromatic nitrogens is 2. The van der Waals surface area contributed by atoms with Gasteiger partial charge in [-0.25, -0.2) is 9.59 Å². The highest BCUT2D eigenvalue weighted by Gasteiger charge is 2.24. The van der Waals surface area contributed by atoms with Crippen LogP contribution in [0.1, 0.15) is 15.9 Å². The van der Waals surface area contributed by atoms with Crippen molar-refractivity contribution < 1.29 is 23.9 Å². The van der Waals surface area contributed by atoms with Gasteiger partial charge in [0.1, 0.15) is 0 Å². The number of carbonyl (C=O) groups is 2. The number of nitrogens with one attached hydrogen (secondary N) is 2. The van der Waals surface area contributed by atoms with Crippen LogP contribution in [-0.2, 0) is 4.79 Å². The maximum atomic E-state index is 12.1. The van der Waals surface area contributed by atoms with Crippen LogP contribution in [-0.4, -0.2) is 28.0 Å². The van der Waals surface area contributed by atoms with E-state index in [4.69, 9.17) is 9.63 Å². The number of hydrogen-bond acceptors (Lipinski definition) is 5. The van der Waals surface area contributed by atoms with E-state index in [1.807, 2.05) is 31.2 Å². The Bertz CT molecular complexity index is 1020. The lowest BCUT2D eigenvalue weighted by atomic mass is 10.2. The number of hydrogen-bond donors (Lipinski definition) is 3. The van der Waals surface area contributed by atoms with Crippen LogP contribution in [0.15, 0.2) is 62.9 Å². The number of nitrogens with zero attached hydrogens (tertiary/aromatic N) is 1. The highest BCUT2D eigenvalue weighted by atomic mass is 32.2. The number of carboxylic acid groups (broad SMARTS) is 1. The minimum atomic E-state index is -1.04. The Morgan fingerprint density at radius 2 is 1.81 bits per heavy atom. The van der Waals surface area contributed by atoms with Crippen LogP contribution in [0.25, 0.3) is 5.69 Å². The molecule has 3 N–H and O–H groups in total. The van der Waals surface area contributed by atoms with Gasteiger partial charge in [-0.2, -0.15) is 0 Å². The van der Waals surface area contributed by atoms with E-state index in [1.165, 1.54) is 28.9 Å². The quantitative estimate of drug-likeness (QED) is 0.441. The van der Waals surface area contributed by atoms with E-state index in [2.05, 4.69) is 10.6 Å². The first-order chi connectivity index (χ1) is 12.9. The number of aryl methyl sites for hydroxylation is 1. The summed E-state index contributed by atoms with van der Waals surface area (Å²) in [6.45, 7) is 1.95. The molecule has 8 nitrogen and oxygen atoms in total. The molecule has 0 bridgehead atoms. The smallest absolute Gasteiger partial charge is 0.442 e. The molecular weight excluding hydrogens is 370 g/mol. The van der Waals surface area contributed by atoms with Gasteiger partial charge in [0.05, 0.1) is 11.3 Å². The molecule has 1 amide bonds. The molecule has 1 heterocycles. The van der Waals surface area contributed by atoms with Crippen LogP contribution in [0.5, 0.6) is 0 Å². The summed E-state index contributed by atoms with van der Waals surface area (Å²) in [5.41, 5.74) is 1.81. The van der Waals surface area contributed by atoms with Crippen LogP contribution in [0.2, 0.25) is 0 Å². The van der Waals surface area contributed by atoms with E-state index in [9.17, 15) is 14.4 Å². The van der Waals surface area contributed by atoms with Crippen molar-refractivity contribution in [1.82, 2.24) is 5.27 Å². The molecule has 138 valence electrons. The number of H-pyrrole nitrogens is 1. The molecule has 0 unspecified atom stereocenters. The Hall–Kier alpha value is -3.33. The summed E-state index contributed by atoms with van der Waals surface area (Å²) in [5.74, 6) is -1.39. The van der Waals surface area contributed by atoms with E-state index in [1.54, 1.807) is 0 Å². The van der Waals surface area contributed by atoms with Crippen LogP contribution >= 0.6 is 11.8 Å². The second kappa shape index (κ2) is 7.92. The number of amides is 1. The van der Waals surface area contributed by atoms with Gasteiger partial charge in [-0.3, -0.25) is 9.32 Å². The highest BCUT2D eigenvalue weighted by molar-refractivity contribution is 7.99. The number of aromatic carboxylic acids is 1. The first-order valence-corrected chi connectivity index (χ1v) is 8.89. The van der Waals surface area contributed by atoms with Gasteiger partial charge in [0.2, 0.25) is 11.6 Å². The molecule has 2 aromatic carbocycles. The lowest BCUT2D eigenvalue weighted by Gasteiger charge is -2.04. The fraction of sp³-hybridized carbons (Fsp3) is 0.111. The van der Waals surface area contributed by atoms with Gasteiger partial charge < -0.3 is 10.4 Å². The molecule has 0 aliphatic carbocycles. The van der Waals surface area contributed by atoms with Crippen molar-refractivity contribution >= 4 is 29.3 Å². The zero-order valence-corrected chi connectivity index (χ0v) is 15.1. The molecule has 0 radical (unpaired) electrons. The molecule has 0 aliphatic rings. The fourth-order valence-corrected chi connectivity index (χ4v) is 3.05. The summed E-state index contributed by atoms with van der Waals surface area (Å²) in [7, 11) is 0. The predicted octanol–water partition coefficient (Wildman–Crippen LogP) is 1.98. The average Bonchev–Trinajstić information content (AvgIpc) is 3.01. The summed E-state index contributed by atoms with van der Waals surface area (Å²) >= 11 is 1.03. The third-order valence-corrected chi connectivity index (χ3v) is 4.68. The van der Waals surface area contributed by atoms with Crippen molar-refractivity contribution in [3.8, 4) is 5.69 Å². The Morgan fingerprint density at radius 1 is 1.15 bits per heavy atom. The van der Waals surface area contributed by atoms with E-state index < -0.39 is 11.6 Å². The molecule has 0 saturated heterocycles. The lowest BCUT2D eigenvalue weighted by Crippen LogP contribution is -2.36. The highest BCUT2D eigenvalue weighted by Crippen LogP contribution is 2.14. The van der Waals surface area contributed by atoms with E-state index in [0.717, 1.165) is 17.3 Å². The SMILES string of the molecule is Cc1ccc(-[n+]2[nH]oc(=O)c2SCC(=O)Nc2ccc(C(=O)O)cc2)cc1. The third-order valence-electron chi connectivity index (χ3n) is 3.66. The van der Waals surface area contributed by atoms with Crippen LogP contribution < -0.4 is 15.6 Å². The number of carbonyl (C=O) groups excluding carboxylic acids is 1. The van der Waals surface area contributed by atoms with E-state index in [0.29, 0.717) is 11.4 Å². The Morgan fingerprint density at radius 3 is 2.44 bits per heavy atom. The first kappa shape index (κ1) is 18.5. The summed E-state index contributed by atoms with van der Waals surface area (Å²) in [5, 5.41) is 14.3. The van der Waals surface area contributed by atoms with Crippen molar-refractivity contribution in [2.45, 2.75) is 11.9 Å². The zero-order chi connectivity index (χ0) is 19.4. The minimum Gasteiger partial charge on any atom is -0.478 e. The summed E-state index contributed by atoms with van der Waals surface area (Å²) < 4.78 is 6.31. The maximum Gasteiger partial charge on any atom is 0.442 e. The molecule has 3 aromatic rings. The number of carboxylic acids is 1. The summed E-state index contributed by atoms with van der Waals surface area (Å²) in [6, 6.07) is 13.3. The summed E-state index contributed by atoms with van der Waals surface area (Å²) in [6.07, 6.45) is 0. The van der Waals surface area contributed by atoms with Crippen molar-refractivity contribution in [2.75, 3.05) is 11.1 Å². The lowest BCUT2D eigenvalue weighted by molar-refractivity contribution is -0.704. The normalized spacial score (nSPS) is 10.6. The van der Waals surface area contributed by atoms with Crippen LogP contribution in [0.3, 0.4) is 0 Å². The Balaban J connectivity index is 1.67. The molecular formula is C18H16N3O5S+. The Labute approximate surface area is 157 Å². The summed E-state index contributed by atoms with van der Waals surface area (Å²) in [4.78, 5) is 34.9. The topological polar surface area (TPSA) is 116 Å². The number of anilines is 1. The molecule has 27 heavy (non-hydrogen) atoms. The average molecular weight is 386 g/mol. The number of thioether (sulfide) groups is 1. The maximum absolute atomic E-state index is 12.1. The van der Waals surface area contributed by atoms with Gasteiger partial charge in [-0.05, 0) is 52.9 Å². The molecule has 0 saturated carbocycles. The fourth-order valence-electron chi connectivity index (χ4n) is 2.28. The number of rotatable bonds is 6. The molecule has 0 aliphatic heterocycles. The molecule has 9 heteroatoms. The second-order valence-electron chi connectivity index (χ2n) is 5.68. The minimum absolute atomic E-state index is 0.0187. The van der Waals surface area contributed by atoms with Gasteiger partial charge in [0.25, 0.3) is 0 Å².